The lowest BCUT2D eigenvalue weighted by Crippen LogP contribution is -2.43. The average molecular weight is 334 g/mol. The maximum Gasteiger partial charge on any atom is 0.238 e. The number of benzene rings is 1. The Hall–Kier alpha value is -1.53. The second-order valence-corrected chi connectivity index (χ2v) is 7.34. The standard InChI is InChI=1S/C17H22N2O3S/c1-22-11-12-5-4-8-19(10-12)16(20)9-15-17(21)18-13-6-2-3-7-14(13)23-15/h2-3,6-7,12,15H,4-5,8-11H2,1H3,(H,18,21)/t12-,15+/m0/s1. The van der Waals surface area contributed by atoms with E-state index < -0.39 is 0 Å². The summed E-state index contributed by atoms with van der Waals surface area (Å²) < 4.78 is 5.21. The van der Waals surface area contributed by atoms with Crippen LogP contribution in [-0.2, 0) is 14.3 Å². The number of para-hydroxylation sites is 1. The van der Waals surface area contributed by atoms with E-state index in [1.54, 1.807) is 7.11 Å². The maximum absolute atomic E-state index is 12.6. The van der Waals surface area contributed by atoms with Gasteiger partial charge in [0.25, 0.3) is 0 Å². The smallest absolute Gasteiger partial charge is 0.238 e. The van der Waals surface area contributed by atoms with Crippen LogP contribution in [0.4, 0.5) is 5.69 Å². The second kappa shape index (κ2) is 7.36. The van der Waals surface area contributed by atoms with Gasteiger partial charge in [0.15, 0.2) is 0 Å². The first-order valence-electron chi connectivity index (χ1n) is 8.00. The number of hydrogen-bond acceptors (Lipinski definition) is 4. The lowest BCUT2D eigenvalue weighted by Gasteiger charge is -2.33. The summed E-state index contributed by atoms with van der Waals surface area (Å²) in [4.78, 5) is 27.7. The lowest BCUT2D eigenvalue weighted by molar-refractivity contribution is -0.134. The molecule has 0 spiro atoms. The van der Waals surface area contributed by atoms with Crippen molar-refractivity contribution in [1.82, 2.24) is 4.90 Å². The van der Waals surface area contributed by atoms with Crippen LogP contribution < -0.4 is 5.32 Å². The van der Waals surface area contributed by atoms with E-state index in [4.69, 9.17) is 4.74 Å². The third-order valence-corrected chi connectivity index (χ3v) is 5.62. The summed E-state index contributed by atoms with van der Waals surface area (Å²) in [5.41, 5.74) is 0.837. The van der Waals surface area contributed by atoms with E-state index in [-0.39, 0.29) is 23.5 Å². The largest absolute Gasteiger partial charge is 0.384 e. The lowest BCUT2D eigenvalue weighted by atomic mass is 9.98. The predicted octanol–water partition coefficient (Wildman–Crippen LogP) is 2.37. The Morgan fingerprint density at radius 2 is 2.26 bits per heavy atom. The fraction of sp³-hybridized carbons (Fsp3) is 0.529. The summed E-state index contributed by atoms with van der Waals surface area (Å²) in [6, 6.07) is 7.71. The molecule has 6 heteroatoms. The molecular weight excluding hydrogens is 312 g/mol. The number of ether oxygens (including phenoxy) is 1. The number of nitrogens with zero attached hydrogens (tertiary/aromatic N) is 1. The summed E-state index contributed by atoms with van der Waals surface area (Å²) in [5, 5.41) is 2.55. The number of nitrogens with one attached hydrogen (secondary N) is 1. The van der Waals surface area contributed by atoms with Crippen LogP contribution in [0.1, 0.15) is 19.3 Å². The molecule has 1 fully saturated rings. The normalized spacial score (nSPS) is 24.0. The highest BCUT2D eigenvalue weighted by molar-refractivity contribution is 8.01. The zero-order valence-corrected chi connectivity index (χ0v) is 14.1. The Labute approximate surface area is 140 Å². The van der Waals surface area contributed by atoms with Crippen LogP contribution in [0.5, 0.6) is 0 Å². The van der Waals surface area contributed by atoms with Crippen molar-refractivity contribution in [2.24, 2.45) is 5.92 Å². The van der Waals surface area contributed by atoms with Crippen LogP contribution in [0, 0.1) is 5.92 Å². The van der Waals surface area contributed by atoms with E-state index in [0.29, 0.717) is 12.5 Å². The number of fused-ring (bicyclic) bond motifs is 1. The molecule has 5 nitrogen and oxygen atoms in total. The molecule has 2 aliphatic rings. The number of rotatable bonds is 4. The van der Waals surface area contributed by atoms with E-state index in [2.05, 4.69) is 5.32 Å². The quantitative estimate of drug-likeness (QED) is 0.918. The fourth-order valence-electron chi connectivity index (χ4n) is 3.18. The van der Waals surface area contributed by atoms with Gasteiger partial charge in [0.05, 0.1) is 17.5 Å². The highest BCUT2D eigenvalue weighted by Gasteiger charge is 2.31. The molecule has 2 amide bonds. The van der Waals surface area contributed by atoms with Crippen LogP contribution in [-0.4, -0.2) is 48.8 Å². The molecule has 1 N–H and O–H groups in total. The van der Waals surface area contributed by atoms with Gasteiger partial charge in [0, 0.05) is 31.5 Å². The van der Waals surface area contributed by atoms with Crippen molar-refractivity contribution < 1.29 is 14.3 Å². The third-order valence-electron chi connectivity index (χ3n) is 4.34. The minimum absolute atomic E-state index is 0.0674. The van der Waals surface area contributed by atoms with Crippen LogP contribution in [0.2, 0.25) is 0 Å². The van der Waals surface area contributed by atoms with Gasteiger partial charge < -0.3 is 15.0 Å². The van der Waals surface area contributed by atoms with Crippen LogP contribution in [0.15, 0.2) is 29.2 Å². The van der Waals surface area contributed by atoms with Gasteiger partial charge >= 0.3 is 0 Å². The Bertz CT molecular complexity index is 591. The molecule has 3 rings (SSSR count). The number of methoxy groups -OCH3 is 1. The van der Waals surface area contributed by atoms with Crippen LogP contribution in [0.25, 0.3) is 0 Å². The Morgan fingerprint density at radius 1 is 1.43 bits per heavy atom. The van der Waals surface area contributed by atoms with Crippen LogP contribution in [0.3, 0.4) is 0 Å². The van der Waals surface area contributed by atoms with E-state index in [1.807, 2.05) is 29.2 Å². The molecule has 1 saturated heterocycles. The minimum Gasteiger partial charge on any atom is -0.384 e. The molecule has 0 saturated carbocycles. The molecule has 2 atom stereocenters. The summed E-state index contributed by atoms with van der Waals surface area (Å²) in [5.74, 6) is 0.400. The van der Waals surface area contributed by atoms with E-state index >= 15 is 0 Å². The van der Waals surface area contributed by atoms with E-state index in [1.165, 1.54) is 11.8 Å². The molecule has 124 valence electrons. The zero-order valence-electron chi connectivity index (χ0n) is 13.3. The van der Waals surface area contributed by atoms with Gasteiger partial charge in [-0.15, -0.1) is 11.8 Å². The molecule has 1 aromatic carbocycles. The molecule has 23 heavy (non-hydrogen) atoms. The summed E-state index contributed by atoms with van der Waals surface area (Å²) in [7, 11) is 1.70. The van der Waals surface area contributed by atoms with Crippen molar-refractivity contribution in [2.75, 3.05) is 32.1 Å². The first-order valence-corrected chi connectivity index (χ1v) is 8.88. The summed E-state index contributed by atoms with van der Waals surface area (Å²) in [6.07, 6.45) is 2.36. The number of likely N-dealkylation sites (tertiary alicyclic amines) is 1. The maximum atomic E-state index is 12.6. The number of piperidine rings is 1. The van der Waals surface area contributed by atoms with Crippen molar-refractivity contribution in [3.8, 4) is 0 Å². The number of amides is 2. The number of hydrogen-bond donors (Lipinski definition) is 1. The minimum atomic E-state index is -0.347. The van der Waals surface area contributed by atoms with Crippen molar-refractivity contribution in [3.63, 3.8) is 0 Å². The molecule has 2 aliphatic heterocycles. The SMILES string of the molecule is COC[C@H]1CCCN(C(=O)C[C@H]2Sc3ccccc3NC2=O)C1. The summed E-state index contributed by atoms with van der Waals surface area (Å²) in [6.45, 7) is 2.22. The summed E-state index contributed by atoms with van der Waals surface area (Å²) >= 11 is 1.48. The van der Waals surface area contributed by atoms with Gasteiger partial charge in [-0.2, -0.15) is 0 Å². The van der Waals surface area contributed by atoms with Gasteiger partial charge in [-0.3, -0.25) is 9.59 Å². The number of carbonyl (C=O) groups excluding carboxylic acids is 2. The van der Waals surface area contributed by atoms with Gasteiger partial charge in [0.1, 0.15) is 0 Å². The average Bonchev–Trinajstić information content (AvgIpc) is 2.56. The Kier molecular flexibility index (Phi) is 5.23. The highest BCUT2D eigenvalue weighted by atomic mass is 32.2. The van der Waals surface area contributed by atoms with Crippen LogP contribution >= 0.6 is 11.8 Å². The van der Waals surface area contributed by atoms with Gasteiger partial charge in [0.2, 0.25) is 11.8 Å². The predicted molar refractivity (Wildman–Crippen MR) is 90.5 cm³/mol. The van der Waals surface area contributed by atoms with E-state index in [0.717, 1.165) is 36.5 Å². The first kappa shape index (κ1) is 16.3. The monoisotopic (exact) mass is 334 g/mol. The Balaban J connectivity index is 1.60. The van der Waals surface area contributed by atoms with Crippen molar-refractivity contribution in [3.05, 3.63) is 24.3 Å². The van der Waals surface area contributed by atoms with Gasteiger partial charge in [-0.25, -0.2) is 0 Å². The van der Waals surface area contributed by atoms with Crippen molar-refractivity contribution in [1.29, 1.82) is 0 Å². The van der Waals surface area contributed by atoms with Gasteiger partial charge in [-0.05, 0) is 30.9 Å². The van der Waals surface area contributed by atoms with E-state index in [9.17, 15) is 9.59 Å². The molecule has 0 radical (unpaired) electrons. The molecule has 0 unspecified atom stereocenters. The second-order valence-electron chi connectivity index (χ2n) is 6.10. The molecular formula is C17H22N2O3S. The molecule has 1 aromatic rings. The number of anilines is 1. The number of thioether (sulfide) groups is 1. The zero-order chi connectivity index (χ0) is 16.2. The third kappa shape index (κ3) is 3.87. The van der Waals surface area contributed by atoms with Crippen molar-refractivity contribution >= 4 is 29.3 Å². The van der Waals surface area contributed by atoms with Gasteiger partial charge in [-0.1, -0.05) is 12.1 Å². The molecule has 0 bridgehead atoms. The first-order chi connectivity index (χ1) is 11.2. The highest BCUT2D eigenvalue weighted by Crippen LogP contribution is 2.37. The topological polar surface area (TPSA) is 58.6 Å². The molecule has 0 aliphatic carbocycles. The molecule has 0 aromatic heterocycles. The Morgan fingerprint density at radius 3 is 3.09 bits per heavy atom. The van der Waals surface area contributed by atoms with Crippen molar-refractivity contribution in [2.45, 2.75) is 29.4 Å². The fourth-order valence-corrected chi connectivity index (χ4v) is 4.28. The number of carbonyl (C=O) groups is 2. The molecule has 2 heterocycles.